The lowest BCUT2D eigenvalue weighted by Crippen LogP contribution is -2.34. The van der Waals surface area contributed by atoms with Crippen molar-refractivity contribution in [3.63, 3.8) is 0 Å². The molecule has 0 unspecified atom stereocenters. The van der Waals surface area contributed by atoms with E-state index < -0.39 is 0 Å². The fourth-order valence-corrected chi connectivity index (χ4v) is 4.75. The highest BCUT2D eigenvalue weighted by atomic mass is 32.1. The summed E-state index contributed by atoms with van der Waals surface area (Å²) in [6.45, 7) is 4.34. The van der Waals surface area contributed by atoms with Crippen molar-refractivity contribution in [1.29, 1.82) is 0 Å². The highest BCUT2D eigenvalue weighted by Crippen LogP contribution is 2.28. The number of methoxy groups -OCH3 is 1. The Morgan fingerprint density at radius 2 is 2.00 bits per heavy atom. The molecule has 7 nitrogen and oxygen atoms in total. The number of carbonyl (C=O) groups is 2. The first-order valence-electron chi connectivity index (χ1n) is 10.3. The summed E-state index contributed by atoms with van der Waals surface area (Å²) in [7, 11) is 1.56. The number of anilines is 1. The minimum absolute atomic E-state index is 0.122. The molecular formula is C23H26N4O3S. The van der Waals surface area contributed by atoms with E-state index in [1.807, 2.05) is 28.9 Å². The number of amides is 1. The van der Waals surface area contributed by atoms with Crippen molar-refractivity contribution in [2.45, 2.75) is 32.4 Å². The third-order valence-electron chi connectivity index (χ3n) is 5.57. The summed E-state index contributed by atoms with van der Waals surface area (Å²) in [4.78, 5) is 27.5. The second-order valence-corrected chi connectivity index (χ2v) is 8.61. The molecule has 0 saturated carbocycles. The van der Waals surface area contributed by atoms with Crippen molar-refractivity contribution in [1.82, 2.24) is 14.7 Å². The van der Waals surface area contributed by atoms with Crippen molar-refractivity contribution in [2.24, 2.45) is 0 Å². The second kappa shape index (κ2) is 9.45. The van der Waals surface area contributed by atoms with Gasteiger partial charge in [0.2, 0.25) is 0 Å². The lowest BCUT2D eigenvalue weighted by Gasteiger charge is -2.32. The van der Waals surface area contributed by atoms with Crippen molar-refractivity contribution in [3.8, 4) is 5.75 Å². The molecule has 4 rings (SSSR count). The molecule has 0 spiro atoms. The van der Waals surface area contributed by atoms with Crippen LogP contribution >= 0.6 is 11.3 Å². The molecule has 3 aromatic rings. The molecule has 8 heteroatoms. The van der Waals surface area contributed by atoms with Gasteiger partial charge in [-0.05, 0) is 48.9 Å². The first-order chi connectivity index (χ1) is 15.0. The quantitative estimate of drug-likeness (QED) is 0.558. The van der Waals surface area contributed by atoms with Crippen LogP contribution in [0.3, 0.4) is 0 Å². The largest absolute Gasteiger partial charge is 0.496 e. The summed E-state index contributed by atoms with van der Waals surface area (Å²) >= 11 is 1.51. The van der Waals surface area contributed by atoms with Crippen LogP contribution in [0.15, 0.2) is 48.0 Å². The number of rotatable bonds is 7. The first kappa shape index (κ1) is 21.3. The van der Waals surface area contributed by atoms with Crippen LogP contribution in [0, 0.1) is 0 Å². The van der Waals surface area contributed by atoms with E-state index in [1.54, 1.807) is 32.4 Å². The molecule has 1 saturated heterocycles. The van der Waals surface area contributed by atoms with Gasteiger partial charge in [0.15, 0.2) is 5.78 Å². The van der Waals surface area contributed by atoms with Gasteiger partial charge in [-0.2, -0.15) is 5.10 Å². The van der Waals surface area contributed by atoms with Gasteiger partial charge >= 0.3 is 0 Å². The summed E-state index contributed by atoms with van der Waals surface area (Å²) in [6.07, 6.45) is 3.62. The topological polar surface area (TPSA) is 76.5 Å². The summed E-state index contributed by atoms with van der Waals surface area (Å²) in [5.74, 6) is 1.14. The van der Waals surface area contributed by atoms with Crippen LogP contribution in [0.5, 0.6) is 5.75 Å². The normalized spacial score (nSPS) is 15.0. The van der Waals surface area contributed by atoms with E-state index in [0.717, 1.165) is 37.4 Å². The highest BCUT2D eigenvalue weighted by molar-refractivity contribution is 7.12. The lowest BCUT2D eigenvalue weighted by molar-refractivity contribution is 0.101. The minimum atomic E-state index is -0.213. The van der Waals surface area contributed by atoms with Gasteiger partial charge in [0.05, 0.1) is 29.8 Å². The van der Waals surface area contributed by atoms with E-state index in [0.29, 0.717) is 17.1 Å². The van der Waals surface area contributed by atoms with Crippen LogP contribution in [0.2, 0.25) is 0 Å². The first-order valence-corrected chi connectivity index (χ1v) is 11.2. The van der Waals surface area contributed by atoms with Gasteiger partial charge in [0.25, 0.3) is 5.91 Å². The Hall–Kier alpha value is -2.97. The highest BCUT2D eigenvalue weighted by Gasteiger charge is 2.24. The second-order valence-electron chi connectivity index (χ2n) is 7.70. The molecule has 1 aliphatic rings. The van der Waals surface area contributed by atoms with E-state index in [1.165, 1.54) is 16.9 Å². The molecule has 0 radical (unpaired) electrons. The average Bonchev–Trinajstić information content (AvgIpc) is 3.44. The SMILES string of the molecule is COc1ccccc1C(=O)Nc1ccnn1C1CCN(Cc2csc(C(C)=O)c2)CC1. The third-order valence-corrected chi connectivity index (χ3v) is 6.65. The number of hydrogen-bond donors (Lipinski definition) is 1. The number of ether oxygens (including phenoxy) is 1. The standard InChI is InChI=1S/C23H26N4O3S/c1-16(28)21-13-17(15-31-21)14-26-11-8-18(9-12-26)27-22(7-10-24-27)25-23(29)19-5-3-4-6-20(19)30-2/h3-7,10,13,15,18H,8-9,11-12,14H2,1-2H3,(H,25,29). The zero-order chi connectivity index (χ0) is 21.8. The van der Waals surface area contributed by atoms with E-state index in [9.17, 15) is 9.59 Å². The van der Waals surface area contributed by atoms with Crippen molar-refractivity contribution in [2.75, 3.05) is 25.5 Å². The molecular weight excluding hydrogens is 412 g/mol. The van der Waals surface area contributed by atoms with E-state index in [4.69, 9.17) is 4.74 Å². The maximum Gasteiger partial charge on any atom is 0.260 e. The number of Topliss-reactive ketones (excluding diaryl/α,β-unsaturated/α-hetero) is 1. The number of aromatic nitrogens is 2. The van der Waals surface area contributed by atoms with Gasteiger partial charge in [-0.3, -0.25) is 14.5 Å². The number of para-hydroxylation sites is 1. The Balaban J connectivity index is 1.37. The van der Waals surface area contributed by atoms with Crippen LogP contribution in [0.1, 0.15) is 51.4 Å². The summed E-state index contributed by atoms with van der Waals surface area (Å²) < 4.78 is 7.22. The maximum atomic E-state index is 12.8. The van der Waals surface area contributed by atoms with Gasteiger partial charge in [0, 0.05) is 25.7 Å². The molecule has 0 bridgehead atoms. The monoisotopic (exact) mass is 438 g/mol. The number of benzene rings is 1. The van der Waals surface area contributed by atoms with Crippen molar-refractivity contribution >= 4 is 28.8 Å². The van der Waals surface area contributed by atoms with Crippen LogP contribution in [0.4, 0.5) is 5.82 Å². The fourth-order valence-electron chi connectivity index (χ4n) is 3.94. The van der Waals surface area contributed by atoms with E-state index >= 15 is 0 Å². The molecule has 1 aromatic carbocycles. The Kier molecular flexibility index (Phi) is 6.48. The molecule has 162 valence electrons. The summed E-state index contributed by atoms with van der Waals surface area (Å²) in [5.41, 5.74) is 1.69. The van der Waals surface area contributed by atoms with E-state index in [-0.39, 0.29) is 17.7 Å². The summed E-state index contributed by atoms with van der Waals surface area (Å²) in [6, 6.07) is 11.2. The molecule has 1 N–H and O–H groups in total. The zero-order valence-corrected chi connectivity index (χ0v) is 18.5. The Labute approximate surface area is 185 Å². The van der Waals surface area contributed by atoms with E-state index in [2.05, 4.69) is 20.7 Å². The van der Waals surface area contributed by atoms with Gasteiger partial charge in [-0.15, -0.1) is 11.3 Å². The Morgan fingerprint density at radius 1 is 1.23 bits per heavy atom. The predicted molar refractivity (Wildman–Crippen MR) is 121 cm³/mol. The third kappa shape index (κ3) is 4.86. The van der Waals surface area contributed by atoms with Crippen molar-refractivity contribution in [3.05, 3.63) is 64.0 Å². The average molecular weight is 439 g/mol. The number of carbonyl (C=O) groups excluding carboxylic acids is 2. The summed E-state index contributed by atoms with van der Waals surface area (Å²) in [5, 5.41) is 9.53. The van der Waals surface area contributed by atoms with Crippen LogP contribution in [-0.4, -0.2) is 46.6 Å². The number of nitrogens with zero attached hydrogens (tertiary/aromatic N) is 3. The smallest absolute Gasteiger partial charge is 0.260 e. The molecule has 1 fully saturated rings. The molecule has 2 aromatic heterocycles. The molecule has 1 amide bonds. The predicted octanol–water partition coefficient (Wildman–Crippen LogP) is 4.25. The molecule has 31 heavy (non-hydrogen) atoms. The minimum Gasteiger partial charge on any atom is -0.496 e. The van der Waals surface area contributed by atoms with Crippen LogP contribution in [0.25, 0.3) is 0 Å². The van der Waals surface area contributed by atoms with Crippen molar-refractivity contribution < 1.29 is 14.3 Å². The lowest BCUT2D eigenvalue weighted by atomic mass is 10.0. The Morgan fingerprint density at radius 3 is 2.71 bits per heavy atom. The number of thiophene rings is 1. The maximum absolute atomic E-state index is 12.8. The van der Waals surface area contributed by atoms with Gasteiger partial charge < -0.3 is 10.1 Å². The Bertz CT molecular complexity index is 1070. The van der Waals surface area contributed by atoms with Gasteiger partial charge in [-0.1, -0.05) is 12.1 Å². The van der Waals surface area contributed by atoms with Crippen LogP contribution in [-0.2, 0) is 6.54 Å². The number of piperidine rings is 1. The van der Waals surface area contributed by atoms with Gasteiger partial charge in [-0.25, -0.2) is 4.68 Å². The molecule has 0 aliphatic carbocycles. The molecule has 3 heterocycles. The number of ketones is 1. The van der Waals surface area contributed by atoms with Gasteiger partial charge in [0.1, 0.15) is 11.6 Å². The van der Waals surface area contributed by atoms with Crippen LogP contribution < -0.4 is 10.1 Å². The number of nitrogens with one attached hydrogen (secondary N) is 1. The molecule has 0 atom stereocenters. The molecule has 1 aliphatic heterocycles. The fraction of sp³-hybridized carbons (Fsp3) is 0.348. The number of hydrogen-bond acceptors (Lipinski definition) is 6. The number of likely N-dealkylation sites (tertiary alicyclic amines) is 1. The zero-order valence-electron chi connectivity index (χ0n) is 17.7.